The van der Waals surface area contributed by atoms with Crippen molar-refractivity contribution in [2.45, 2.75) is 40.0 Å². The highest BCUT2D eigenvalue weighted by atomic mass is 16.5. The molecule has 2 rings (SSSR count). The lowest BCUT2D eigenvalue weighted by Crippen LogP contribution is -2.42. The summed E-state index contributed by atoms with van der Waals surface area (Å²) in [4.78, 5) is 26.8. The van der Waals surface area contributed by atoms with Crippen molar-refractivity contribution >= 4 is 17.5 Å². The van der Waals surface area contributed by atoms with Gasteiger partial charge in [0.1, 0.15) is 0 Å². The van der Waals surface area contributed by atoms with Gasteiger partial charge < -0.3 is 15.0 Å². The van der Waals surface area contributed by atoms with E-state index in [1.54, 1.807) is 13.2 Å². The third-order valence-electron chi connectivity index (χ3n) is 4.67. The molecule has 1 aromatic rings. The summed E-state index contributed by atoms with van der Waals surface area (Å²) in [5.74, 6) is 1.05. The average molecular weight is 346 g/mol. The van der Waals surface area contributed by atoms with E-state index in [4.69, 9.17) is 4.74 Å². The lowest BCUT2D eigenvalue weighted by atomic mass is 9.91. The number of nitrogens with zero attached hydrogens (tertiary/aromatic N) is 1. The number of aryl methyl sites for hydroxylation is 1. The Morgan fingerprint density at radius 2 is 1.92 bits per heavy atom. The predicted octanol–water partition coefficient (Wildman–Crippen LogP) is 3.48. The van der Waals surface area contributed by atoms with Crippen LogP contribution in [-0.4, -0.2) is 43.5 Å². The summed E-state index contributed by atoms with van der Waals surface area (Å²) in [5, 5.41) is 2.92. The van der Waals surface area contributed by atoms with Crippen LogP contribution in [0.2, 0.25) is 0 Å². The molecule has 2 amide bonds. The van der Waals surface area contributed by atoms with Crippen LogP contribution in [0, 0.1) is 18.8 Å². The number of ether oxygens (including phenoxy) is 1. The largest absolute Gasteiger partial charge is 0.385 e. The number of piperidine rings is 1. The van der Waals surface area contributed by atoms with Gasteiger partial charge in [-0.25, -0.2) is 0 Å². The van der Waals surface area contributed by atoms with Crippen molar-refractivity contribution < 1.29 is 14.3 Å². The zero-order valence-corrected chi connectivity index (χ0v) is 15.8. The predicted molar refractivity (Wildman–Crippen MR) is 99.8 cm³/mol. The fourth-order valence-electron chi connectivity index (χ4n) is 3.49. The summed E-state index contributed by atoms with van der Waals surface area (Å²) in [6, 6.07) is 5.55. The fourth-order valence-corrected chi connectivity index (χ4v) is 3.49. The van der Waals surface area contributed by atoms with Gasteiger partial charge in [-0.3, -0.25) is 9.59 Å². The first kappa shape index (κ1) is 19.4. The van der Waals surface area contributed by atoms with Gasteiger partial charge in [0.25, 0.3) is 5.91 Å². The molecular formula is C20H30N2O3. The maximum Gasteiger partial charge on any atom is 0.253 e. The van der Waals surface area contributed by atoms with E-state index >= 15 is 0 Å². The highest BCUT2D eigenvalue weighted by Crippen LogP contribution is 2.24. The van der Waals surface area contributed by atoms with Crippen LogP contribution in [0.5, 0.6) is 0 Å². The van der Waals surface area contributed by atoms with Crippen molar-refractivity contribution in [3.8, 4) is 0 Å². The van der Waals surface area contributed by atoms with Crippen molar-refractivity contribution in [1.82, 2.24) is 4.90 Å². The molecule has 0 unspecified atom stereocenters. The normalized spacial score (nSPS) is 20.4. The summed E-state index contributed by atoms with van der Waals surface area (Å²) >= 11 is 0. The number of anilines is 1. The third-order valence-corrected chi connectivity index (χ3v) is 4.67. The zero-order valence-electron chi connectivity index (χ0n) is 15.8. The number of methoxy groups -OCH3 is 1. The highest BCUT2D eigenvalue weighted by molar-refractivity contribution is 5.97. The smallest absolute Gasteiger partial charge is 0.253 e. The molecule has 1 saturated heterocycles. The summed E-state index contributed by atoms with van der Waals surface area (Å²) < 4.78 is 4.97. The number of carbonyl (C=O) groups excluding carboxylic acids is 2. The number of benzene rings is 1. The lowest BCUT2D eigenvalue weighted by Gasteiger charge is -2.35. The molecule has 0 spiro atoms. The topological polar surface area (TPSA) is 58.6 Å². The van der Waals surface area contributed by atoms with Gasteiger partial charge in [0.2, 0.25) is 5.91 Å². The molecule has 0 aromatic heterocycles. The van der Waals surface area contributed by atoms with Gasteiger partial charge in [-0.2, -0.15) is 0 Å². The molecule has 1 aromatic carbocycles. The van der Waals surface area contributed by atoms with Crippen LogP contribution in [-0.2, 0) is 9.53 Å². The van der Waals surface area contributed by atoms with Gasteiger partial charge in [0.15, 0.2) is 0 Å². The summed E-state index contributed by atoms with van der Waals surface area (Å²) in [6.45, 7) is 8.49. The number of nitrogens with one attached hydrogen (secondary N) is 1. The molecule has 0 bridgehead atoms. The van der Waals surface area contributed by atoms with E-state index in [1.807, 2.05) is 24.0 Å². The molecule has 1 fully saturated rings. The van der Waals surface area contributed by atoms with E-state index in [2.05, 4.69) is 19.2 Å². The zero-order chi connectivity index (χ0) is 18.4. The Hall–Kier alpha value is -1.88. The number of hydrogen-bond acceptors (Lipinski definition) is 3. The molecule has 5 heteroatoms. The van der Waals surface area contributed by atoms with Gasteiger partial charge in [-0.15, -0.1) is 0 Å². The number of likely N-dealkylation sites (tertiary alicyclic amines) is 1. The number of hydrogen-bond donors (Lipinski definition) is 1. The van der Waals surface area contributed by atoms with Crippen molar-refractivity contribution in [2.24, 2.45) is 11.8 Å². The molecule has 0 aliphatic carbocycles. The highest BCUT2D eigenvalue weighted by Gasteiger charge is 2.26. The third kappa shape index (κ3) is 5.56. The molecule has 5 nitrogen and oxygen atoms in total. The van der Waals surface area contributed by atoms with E-state index < -0.39 is 0 Å². The second-order valence-electron chi connectivity index (χ2n) is 7.33. The molecule has 1 N–H and O–H groups in total. The molecule has 0 saturated carbocycles. The molecular weight excluding hydrogens is 316 g/mol. The first-order chi connectivity index (χ1) is 11.9. The second kappa shape index (κ2) is 8.99. The van der Waals surface area contributed by atoms with E-state index in [1.165, 1.54) is 6.42 Å². The van der Waals surface area contributed by atoms with Crippen LogP contribution < -0.4 is 5.32 Å². The summed E-state index contributed by atoms with van der Waals surface area (Å²) in [5.41, 5.74) is 2.31. The van der Waals surface area contributed by atoms with Gasteiger partial charge >= 0.3 is 0 Å². The van der Waals surface area contributed by atoms with Gasteiger partial charge in [0, 0.05) is 44.5 Å². The standard InChI is InChI=1S/C20H30N2O3/c1-14-10-15(2)13-22(12-14)20(24)17-8-7-16(3)18(11-17)21-19(23)6-5-9-25-4/h7-8,11,14-15H,5-6,9-10,12-13H2,1-4H3,(H,21,23)/t14-,15+. The Labute approximate surface area is 150 Å². The Bertz CT molecular complexity index is 605. The number of rotatable bonds is 6. The van der Waals surface area contributed by atoms with Crippen molar-refractivity contribution in [2.75, 3.05) is 32.1 Å². The Morgan fingerprint density at radius 1 is 1.24 bits per heavy atom. The Morgan fingerprint density at radius 3 is 2.56 bits per heavy atom. The fraction of sp³-hybridized carbons (Fsp3) is 0.600. The first-order valence-corrected chi connectivity index (χ1v) is 9.09. The SMILES string of the molecule is COCCCC(=O)Nc1cc(C(=O)N2C[C@H](C)C[C@H](C)C2)ccc1C. The maximum atomic E-state index is 12.8. The first-order valence-electron chi connectivity index (χ1n) is 9.09. The van der Waals surface area contributed by atoms with Crippen LogP contribution >= 0.6 is 0 Å². The minimum absolute atomic E-state index is 0.0493. The second-order valence-corrected chi connectivity index (χ2v) is 7.33. The van der Waals surface area contributed by atoms with Crippen LogP contribution in [0.1, 0.15) is 49.0 Å². The van der Waals surface area contributed by atoms with Crippen molar-refractivity contribution in [3.05, 3.63) is 29.3 Å². The van der Waals surface area contributed by atoms with Crippen molar-refractivity contribution in [1.29, 1.82) is 0 Å². The van der Waals surface area contributed by atoms with Gasteiger partial charge in [-0.1, -0.05) is 19.9 Å². The maximum absolute atomic E-state index is 12.8. The molecule has 1 aliphatic rings. The van der Waals surface area contributed by atoms with E-state index in [9.17, 15) is 9.59 Å². The monoisotopic (exact) mass is 346 g/mol. The Balaban J connectivity index is 2.07. The van der Waals surface area contributed by atoms with E-state index in [0.29, 0.717) is 42.5 Å². The van der Waals surface area contributed by atoms with E-state index in [0.717, 1.165) is 18.7 Å². The summed E-state index contributed by atoms with van der Waals surface area (Å²) in [7, 11) is 1.62. The minimum Gasteiger partial charge on any atom is -0.385 e. The van der Waals surface area contributed by atoms with Crippen LogP contribution in [0.3, 0.4) is 0 Å². The summed E-state index contributed by atoms with van der Waals surface area (Å²) in [6.07, 6.45) is 2.26. The number of carbonyl (C=O) groups is 2. The quantitative estimate of drug-likeness (QED) is 0.802. The molecule has 0 radical (unpaired) electrons. The average Bonchev–Trinajstić information content (AvgIpc) is 2.55. The molecule has 138 valence electrons. The molecule has 2 atom stereocenters. The molecule has 1 aliphatic heterocycles. The molecule has 1 heterocycles. The Kier molecular flexibility index (Phi) is 7.00. The minimum atomic E-state index is -0.0510. The van der Waals surface area contributed by atoms with Gasteiger partial charge in [0.05, 0.1) is 0 Å². The van der Waals surface area contributed by atoms with Crippen molar-refractivity contribution in [3.63, 3.8) is 0 Å². The van der Waals surface area contributed by atoms with E-state index in [-0.39, 0.29) is 11.8 Å². The van der Waals surface area contributed by atoms with Crippen LogP contribution in [0.25, 0.3) is 0 Å². The van der Waals surface area contributed by atoms with Crippen LogP contribution in [0.4, 0.5) is 5.69 Å². The lowest BCUT2D eigenvalue weighted by molar-refractivity contribution is -0.116. The number of amides is 2. The van der Waals surface area contributed by atoms with Gasteiger partial charge in [-0.05, 0) is 49.3 Å². The van der Waals surface area contributed by atoms with Crippen LogP contribution in [0.15, 0.2) is 18.2 Å². The molecule has 25 heavy (non-hydrogen) atoms.